The topological polar surface area (TPSA) is 66.8 Å². The monoisotopic (exact) mass is 243 g/mol. The summed E-state index contributed by atoms with van der Waals surface area (Å²) in [6, 6.07) is 0.0781. The molecule has 0 aromatic rings. The average Bonchev–Trinajstić information content (AvgIpc) is 2.75. The van der Waals surface area contributed by atoms with Crippen molar-refractivity contribution in [2.45, 2.75) is 51.7 Å². The number of hydrogen-bond acceptors (Lipinski definition) is 3. The van der Waals surface area contributed by atoms with Gasteiger partial charge in [0.2, 0.25) is 5.91 Å². The second-order valence-electron chi connectivity index (χ2n) is 4.71. The zero-order chi connectivity index (χ0) is 12.8. The molecule has 5 heteroatoms. The summed E-state index contributed by atoms with van der Waals surface area (Å²) >= 11 is 0. The van der Waals surface area contributed by atoms with Gasteiger partial charge in [-0.1, -0.05) is 12.8 Å². The van der Waals surface area contributed by atoms with Crippen LogP contribution in [-0.4, -0.2) is 47.2 Å². The summed E-state index contributed by atoms with van der Waals surface area (Å²) in [4.78, 5) is 24.1. The highest BCUT2D eigenvalue weighted by molar-refractivity contribution is 5.82. The van der Waals surface area contributed by atoms with E-state index < -0.39 is 5.97 Å². The summed E-state index contributed by atoms with van der Waals surface area (Å²) in [7, 11) is 0. The first kappa shape index (κ1) is 14.0. The molecule has 0 heterocycles. The number of carbonyl (C=O) groups is 2. The maximum absolute atomic E-state index is 11.9. The molecule has 17 heavy (non-hydrogen) atoms. The van der Waals surface area contributed by atoms with Crippen LogP contribution in [0.5, 0.6) is 0 Å². The van der Waals surface area contributed by atoms with Gasteiger partial charge < -0.3 is 14.7 Å². The smallest absolute Gasteiger partial charge is 0.323 e. The van der Waals surface area contributed by atoms with E-state index >= 15 is 0 Å². The van der Waals surface area contributed by atoms with Crippen LogP contribution in [-0.2, 0) is 14.3 Å². The van der Waals surface area contributed by atoms with Crippen molar-refractivity contribution in [3.05, 3.63) is 0 Å². The third-order valence-electron chi connectivity index (χ3n) is 2.93. The van der Waals surface area contributed by atoms with Crippen LogP contribution in [0, 0.1) is 0 Å². The predicted octanol–water partition coefficient (Wildman–Crippen LogP) is 1.27. The molecule has 0 radical (unpaired) electrons. The third kappa shape index (κ3) is 4.73. The van der Waals surface area contributed by atoms with Crippen LogP contribution in [0.2, 0.25) is 0 Å². The van der Waals surface area contributed by atoms with Crippen LogP contribution in [0.4, 0.5) is 0 Å². The molecule has 1 rings (SSSR count). The lowest BCUT2D eigenvalue weighted by Gasteiger charge is -2.27. The van der Waals surface area contributed by atoms with E-state index in [9.17, 15) is 9.59 Å². The van der Waals surface area contributed by atoms with E-state index in [0.717, 1.165) is 25.7 Å². The van der Waals surface area contributed by atoms with Crippen molar-refractivity contribution in [2.75, 3.05) is 13.2 Å². The van der Waals surface area contributed by atoms with Gasteiger partial charge in [0, 0.05) is 6.04 Å². The van der Waals surface area contributed by atoms with Crippen molar-refractivity contribution in [2.24, 2.45) is 0 Å². The normalized spacial score (nSPS) is 16.4. The molecule has 1 aliphatic rings. The van der Waals surface area contributed by atoms with Gasteiger partial charge in [-0.2, -0.15) is 0 Å². The van der Waals surface area contributed by atoms with Crippen LogP contribution in [0.1, 0.15) is 39.5 Å². The highest BCUT2D eigenvalue weighted by Gasteiger charge is 2.28. The van der Waals surface area contributed by atoms with Crippen molar-refractivity contribution in [3.63, 3.8) is 0 Å². The molecule has 1 fully saturated rings. The Morgan fingerprint density at radius 2 is 1.94 bits per heavy atom. The quantitative estimate of drug-likeness (QED) is 0.762. The second kappa shape index (κ2) is 6.59. The third-order valence-corrected chi connectivity index (χ3v) is 2.93. The molecule has 0 saturated heterocycles. The fourth-order valence-electron chi connectivity index (χ4n) is 2.10. The first-order chi connectivity index (χ1) is 8.00. The molecule has 0 bridgehead atoms. The van der Waals surface area contributed by atoms with Gasteiger partial charge >= 0.3 is 5.97 Å². The van der Waals surface area contributed by atoms with E-state index in [1.807, 2.05) is 13.8 Å². The van der Waals surface area contributed by atoms with Gasteiger partial charge in [-0.15, -0.1) is 0 Å². The van der Waals surface area contributed by atoms with E-state index in [1.165, 1.54) is 4.90 Å². The standard InChI is InChI=1S/C12H21NO4/c1-9(2)17-8-11(14)13(7-12(15)16)10-5-3-4-6-10/h9-10H,3-8H2,1-2H3,(H,15,16). The molecule has 0 aromatic carbocycles. The molecule has 0 aliphatic heterocycles. The number of rotatable bonds is 6. The zero-order valence-corrected chi connectivity index (χ0v) is 10.5. The van der Waals surface area contributed by atoms with Crippen molar-refractivity contribution in [1.29, 1.82) is 0 Å². The second-order valence-corrected chi connectivity index (χ2v) is 4.71. The van der Waals surface area contributed by atoms with Gasteiger partial charge in [0.1, 0.15) is 13.2 Å². The van der Waals surface area contributed by atoms with E-state index in [4.69, 9.17) is 9.84 Å². The van der Waals surface area contributed by atoms with Gasteiger partial charge in [-0.25, -0.2) is 0 Å². The first-order valence-electron chi connectivity index (χ1n) is 6.13. The number of nitrogens with zero attached hydrogens (tertiary/aromatic N) is 1. The summed E-state index contributed by atoms with van der Waals surface area (Å²) < 4.78 is 5.24. The molecular weight excluding hydrogens is 222 g/mol. The number of aliphatic carboxylic acids is 1. The molecule has 1 aliphatic carbocycles. The highest BCUT2D eigenvalue weighted by atomic mass is 16.5. The number of ether oxygens (including phenoxy) is 1. The molecule has 1 N–H and O–H groups in total. The number of hydrogen-bond donors (Lipinski definition) is 1. The van der Waals surface area contributed by atoms with Crippen molar-refractivity contribution in [1.82, 2.24) is 4.90 Å². The van der Waals surface area contributed by atoms with E-state index in [1.54, 1.807) is 0 Å². The molecule has 1 amide bonds. The number of carboxylic acids is 1. The summed E-state index contributed by atoms with van der Waals surface area (Å²) in [5, 5.41) is 8.84. The first-order valence-corrected chi connectivity index (χ1v) is 6.13. The Balaban J connectivity index is 2.54. The molecule has 98 valence electrons. The van der Waals surface area contributed by atoms with Crippen molar-refractivity contribution < 1.29 is 19.4 Å². The lowest BCUT2D eigenvalue weighted by Crippen LogP contribution is -2.44. The van der Waals surface area contributed by atoms with Crippen molar-refractivity contribution >= 4 is 11.9 Å². The summed E-state index contributed by atoms with van der Waals surface area (Å²) in [5.74, 6) is -1.18. The lowest BCUT2D eigenvalue weighted by atomic mass is 10.2. The van der Waals surface area contributed by atoms with E-state index in [2.05, 4.69) is 0 Å². The predicted molar refractivity (Wildman–Crippen MR) is 62.7 cm³/mol. The van der Waals surface area contributed by atoms with Crippen LogP contribution >= 0.6 is 0 Å². The summed E-state index contributed by atoms with van der Waals surface area (Å²) in [6.07, 6.45) is 3.92. The van der Waals surface area contributed by atoms with Crippen LogP contribution in [0.25, 0.3) is 0 Å². The minimum atomic E-state index is -0.963. The van der Waals surface area contributed by atoms with Gasteiger partial charge in [0.25, 0.3) is 0 Å². The molecule has 0 unspecified atom stereocenters. The van der Waals surface area contributed by atoms with Gasteiger partial charge in [0.15, 0.2) is 0 Å². The van der Waals surface area contributed by atoms with E-state index in [-0.39, 0.29) is 31.2 Å². The van der Waals surface area contributed by atoms with Crippen LogP contribution in [0.3, 0.4) is 0 Å². The Kier molecular flexibility index (Phi) is 5.41. The van der Waals surface area contributed by atoms with Gasteiger partial charge in [-0.3, -0.25) is 9.59 Å². The summed E-state index contributed by atoms with van der Waals surface area (Å²) in [6.45, 7) is 3.46. The van der Waals surface area contributed by atoms with Crippen LogP contribution < -0.4 is 0 Å². The Morgan fingerprint density at radius 3 is 2.41 bits per heavy atom. The maximum atomic E-state index is 11.9. The number of amides is 1. The zero-order valence-electron chi connectivity index (χ0n) is 10.5. The molecule has 1 saturated carbocycles. The minimum Gasteiger partial charge on any atom is -0.480 e. The average molecular weight is 243 g/mol. The fraction of sp³-hybridized carbons (Fsp3) is 0.833. The van der Waals surface area contributed by atoms with Crippen molar-refractivity contribution in [3.8, 4) is 0 Å². The van der Waals surface area contributed by atoms with E-state index in [0.29, 0.717) is 0 Å². The van der Waals surface area contributed by atoms with Gasteiger partial charge in [0.05, 0.1) is 6.10 Å². The van der Waals surface area contributed by atoms with Gasteiger partial charge in [-0.05, 0) is 26.7 Å². The molecule has 5 nitrogen and oxygen atoms in total. The molecule has 0 spiro atoms. The molecular formula is C12H21NO4. The fourth-order valence-corrected chi connectivity index (χ4v) is 2.10. The molecule has 0 atom stereocenters. The highest BCUT2D eigenvalue weighted by Crippen LogP contribution is 2.23. The molecule has 0 aromatic heterocycles. The largest absolute Gasteiger partial charge is 0.480 e. The lowest BCUT2D eigenvalue weighted by molar-refractivity contribution is -0.149. The number of carbonyl (C=O) groups excluding carboxylic acids is 1. The Bertz CT molecular complexity index is 272. The Labute approximate surface area is 102 Å². The maximum Gasteiger partial charge on any atom is 0.323 e. The Morgan fingerprint density at radius 1 is 1.35 bits per heavy atom. The Hall–Kier alpha value is -1.10. The van der Waals surface area contributed by atoms with Crippen LogP contribution in [0.15, 0.2) is 0 Å². The summed E-state index contributed by atoms with van der Waals surface area (Å²) in [5.41, 5.74) is 0. The SMILES string of the molecule is CC(C)OCC(=O)N(CC(=O)O)C1CCCC1. The minimum absolute atomic E-state index is 0.0193. The number of carboxylic acid groups (broad SMARTS) is 1.